The Morgan fingerprint density at radius 1 is 1.03 bits per heavy atom. The van der Waals surface area contributed by atoms with Crippen LogP contribution in [0.4, 0.5) is 16.2 Å². The highest BCUT2D eigenvalue weighted by Gasteiger charge is 2.21. The van der Waals surface area contributed by atoms with Gasteiger partial charge in [0.2, 0.25) is 0 Å². The molecule has 0 bridgehead atoms. The molecule has 0 radical (unpaired) electrons. The second kappa shape index (κ2) is 9.06. The second-order valence-corrected chi connectivity index (χ2v) is 8.70. The van der Waals surface area contributed by atoms with Gasteiger partial charge in [-0.15, -0.1) is 0 Å². The number of carbonyl (C=O) groups excluding carboxylic acids is 1. The van der Waals surface area contributed by atoms with E-state index in [0.29, 0.717) is 17.4 Å². The van der Waals surface area contributed by atoms with Crippen LogP contribution in [0, 0.1) is 0 Å². The average molecular weight is 432 g/mol. The van der Waals surface area contributed by atoms with E-state index < -0.39 is 15.9 Å². The Balaban J connectivity index is 1.56. The maximum Gasteiger partial charge on any atom is 0.411 e. The molecule has 0 saturated heterocycles. The summed E-state index contributed by atoms with van der Waals surface area (Å²) in [6.45, 7) is 2.07. The number of sulfone groups is 1. The van der Waals surface area contributed by atoms with Crippen molar-refractivity contribution in [2.75, 3.05) is 23.0 Å². The lowest BCUT2D eigenvalue weighted by Gasteiger charge is -2.14. The van der Waals surface area contributed by atoms with Gasteiger partial charge in [0.15, 0.2) is 14.9 Å². The van der Waals surface area contributed by atoms with Crippen molar-refractivity contribution >= 4 is 44.6 Å². The molecule has 9 heteroatoms. The van der Waals surface area contributed by atoms with Crippen molar-refractivity contribution in [1.82, 2.24) is 5.32 Å². The third kappa shape index (κ3) is 6.03. The van der Waals surface area contributed by atoms with E-state index in [4.69, 9.17) is 17.0 Å². The first-order valence-corrected chi connectivity index (χ1v) is 11.1. The first-order chi connectivity index (χ1) is 13.8. The summed E-state index contributed by atoms with van der Waals surface area (Å²) >= 11 is 5.25. The second-order valence-electron chi connectivity index (χ2n) is 6.36. The Morgan fingerprint density at radius 3 is 2.07 bits per heavy atom. The van der Waals surface area contributed by atoms with Crippen LogP contribution in [0.25, 0.3) is 11.1 Å². The topological polar surface area (TPSA) is 96.5 Å². The number of ether oxygens (including phenoxy) is 1. The minimum atomic E-state index is -3.12. The fourth-order valence-electron chi connectivity index (χ4n) is 2.78. The van der Waals surface area contributed by atoms with Crippen molar-refractivity contribution in [3.63, 3.8) is 0 Å². The number of amides is 1. The fraction of sp³-hybridized carbons (Fsp3) is 0.200. The number of benzene rings is 2. The Hall–Kier alpha value is -2.91. The van der Waals surface area contributed by atoms with E-state index in [1.807, 2.05) is 36.4 Å². The molecular weight excluding hydrogens is 410 g/mol. The molecule has 152 valence electrons. The Bertz CT molecular complexity index is 1020. The van der Waals surface area contributed by atoms with E-state index in [1.165, 1.54) is 5.41 Å². The summed E-state index contributed by atoms with van der Waals surface area (Å²) < 4.78 is 27.7. The van der Waals surface area contributed by atoms with E-state index in [2.05, 4.69) is 16.0 Å². The minimum Gasteiger partial charge on any atom is -0.450 e. The molecule has 1 unspecified atom stereocenters. The molecule has 29 heavy (non-hydrogen) atoms. The number of anilines is 2. The molecule has 1 amide bonds. The van der Waals surface area contributed by atoms with Crippen LogP contribution in [0.1, 0.15) is 6.92 Å². The van der Waals surface area contributed by atoms with Gasteiger partial charge in [-0.25, -0.2) is 13.2 Å². The predicted octanol–water partition coefficient (Wildman–Crippen LogP) is 3.52. The highest BCUT2D eigenvalue weighted by atomic mass is 32.2. The van der Waals surface area contributed by atoms with E-state index in [-0.39, 0.29) is 11.8 Å². The van der Waals surface area contributed by atoms with Gasteiger partial charge in [-0.3, -0.25) is 5.32 Å². The molecule has 2 aromatic carbocycles. The largest absolute Gasteiger partial charge is 0.450 e. The highest BCUT2D eigenvalue weighted by Crippen LogP contribution is 2.23. The van der Waals surface area contributed by atoms with Crippen LogP contribution in [0.5, 0.6) is 0 Å². The van der Waals surface area contributed by atoms with E-state index >= 15 is 0 Å². The lowest BCUT2D eigenvalue weighted by atomic mass is 10.1. The van der Waals surface area contributed by atoms with Gasteiger partial charge in [0.25, 0.3) is 0 Å². The number of nitrogens with one attached hydrogen (secondary N) is 3. The van der Waals surface area contributed by atoms with Gasteiger partial charge in [0.05, 0.1) is 18.4 Å². The summed E-state index contributed by atoms with van der Waals surface area (Å²) in [6, 6.07) is 14.8. The van der Waals surface area contributed by atoms with Crippen LogP contribution in [0.15, 0.2) is 60.0 Å². The van der Waals surface area contributed by atoms with Crippen LogP contribution in [-0.4, -0.2) is 38.0 Å². The van der Waals surface area contributed by atoms with Gasteiger partial charge >= 0.3 is 6.09 Å². The summed E-state index contributed by atoms with van der Waals surface area (Å²) in [5.41, 5.74) is 3.44. The summed E-state index contributed by atoms with van der Waals surface area (Å²) in [5, 5.41) is 10.2. The molecule has 1 heterocycles. The fourth-order valence-corrected chi connectivity index (χ4v) is 4.28. The molecule has 2 aromatic rings. The van der Waals surface area contributed by atoms with Crippen LogP contribution in [0.3, 0.4) is 0 Å². The molecule has 0 aromatic heterocycles. The molecule has 0 fully saturated rings. The van der Waals surface area contributed by atoms with Crippen molar-refractivity contribution < 1.29 is 17.9 Å². The van der Waals surface area contributed by atoms with Crippen molar-refractivity contribution in [3.8, 4) is 11.1 Å². The van der Waals surface area contributed by atoms with Gasteiger partial charge in [0.1, 0.15) is 0 Å². The first-order valence-electron chi connectivity index (χ1n) is 8.97. The first kappa shape index (κ1) is 20.8. The molecular formula is C20H21N3O4S2. The lowest BCUT2D eigenvalue weighted by molar-refractivity contribution is 0.168. The maximum atomic E-state index is 11.4. The van der Waals surface area contributed by atoms with Crippen molar-refractivity contribution in [2.45, 2.75) is 13.0 Å². The third-order valence-corrected chi connectivity index (χ3v) is 5.74. The molecule has 7 nitrogen and oxygen atoms in total. The zero-order valence-corrected chi connectivity index (χ0v) is 17.3. The quantitative estimate of drug-likeness (QED) is 0.623. The number of hydrogen-bond acceptors (Lipinski definition) is 5. The van der Waals surface area contributed by atoms with Crippen molar-refractivity contribution in [1.29, 1.82) is 0 Å². The van der Waals surface area contributed by atoms with Gasteiger partial charge < -0.3 is 15.4 Å². The molecule has 0 saturated carbocycles. The summed E-state index contributed by atoms with van der Waals surface area (Å²) in [7, 11) is -3.12. The van der Waals surface area contributed by atoms with Gasteiger partial charge in [-0.05, 0) is 60.6 Å². The van der Waals surface area contributed by atoms with Crippen molar-refractivity contribution in [2.24, 2.45) is 0 Å². The van der Waals surface area contributed by atoms with Crippen LogP contribution in [-0.2, 0) is 14.6 Å². The van der Waals surface area contributed by atoms with Crippen LogP contribution < -0.4 is 16.0 Å². The zero-order valence-electron chi connectivity index (χ0n) is 15.7. The standard InChI is InChI=1S/C20H21N3O4S2/c1-2-27-20(24)23-17-9-5-15(6-10-17)14-3-7-16(8-4-14)21-19(28)22-18-11-12-29(25,26)13-18/h3-12,18H,2,13H2,1H3,(H,23,24)(H2,21,22,28). The van der Waals surface area contributed by atoms with Crippen LogP contribution >= 0.6 is 12.2 Å². The monoisotopic (exact) mass is 431 g/mol. The lowest BCUT2D eigenvalue weighted by Crippen LogP contribution is -2.38. The molecule has 0 aliphatic carbocycles. The van der Waals surface area contributed by atoms with E-state index in [0.717, 1.165) is 16.8 Å². The number of thiocarbonyl (C=S) groups is 1. The van der Waals surface area contributed by atoms with Crippen molar-refractivity contribution in [3.05, 3.63) is 60.0 Å². The molecule has 1 atom stereocenters. The SMILES string of the molecule is CCOC(=O)Nc1ccc(-c2ccc(NC(=S)NC3C=CS(=O)(=O)C3)cc2)cc1. The highest BCUT2D eigenvalue weighted by molar-refractivity contribution is 7.94. The van der Waals surface area contributed by atoms with E-state index in [9.17, 15) is 13.2 Å². The number of hydrogen-bond donors (Lipinski definition) is 3. The van der Waals surface area contributed by atoms with Gasteiger partial charge in [0, 0.05) is 16.8 Å². The Kier molecular flexibility index (Phi) is 6.50. The molecule has 3 N–H and O–H groups in total. The minimum absolute atomic E-state index is 0.00871. The summed E-state index contributed by atoms with van der Waals surface area (Å²) in [4.78, 5) is 11.4. The number of carbonyl (C=O) groups is 1. The summed E-state index contributed by atoms with van der Waals surface area (Å²) in [5.74, 6) is 0.00871. The average Bonchev–Trinajstić information content (AvgIpc) is 3.01. The van der Waals surface area contributed by atoms with Crippen LogP contribution in [0.2, 0.25) is 0 Å². The smallest absolute Gasteiger partial charge is 0.411 e. The summed E-state index contributed by atoms with van der Waals surface area (Å²) in [6.07, 6.45) is 1.11. The van der Waals surface area contributed by atoms with Gasteiger partial charge in [-0.1, -0.05) is 24.3 Å². The third-order valence-electron chi connectivity index (χ3n) is 4.13. The Labute approximate surface area is 175 Å². The Morgan fingerprint density at radius 2 is 1.59 bits per heavy atom. The van der Waals surface area contributed by atoms with E-state index in [1.54, 1.807) is 25.1 Å². The molecule has 3 rings (SSSR count). The number of rotatable bonds is 5. The molecule has 1 aliphatic rings. The molecule has 1 aliphatic heterocycles. The maximum absolute atomic E-state index is 11.4. The molecule has 0 spiro atoms. The zero-order chi connectivity index (χ0) is 20.9. The van der Waals surface area contributed by atoms with Gasteiger partial charge in [-0.2, -0.15) is 0 Å². The normalized spacial score (nSPS) is 16.8. The predicted molar refractivity (Wildman–Crippen MR) is 119 cm³/mol.